The maximum atomic E-state index is 12.8. The van der Waals surface area contributed by atoms with Crippen molar-refractivity contribution in [2.45, 2.75) is 0 Å². The van der Waals surface area contributed by atoms with Crippen molar-refractivity contribution in [3.63, 3.8) is 0 Å². The van der Waals surface area contributed by atoms with Crippen LogP contribution >= 0.6 is 11.6 Å². The second kappa shape index (κ2) is 5.01. The molecule has 0 unspecified atom stereocenters. The van der Waals surface area contributed by atoms with Gasteiger partial charge in [-0.2, -0.15) is 0 Å². The van der Waals surface area contributed by atoms with E-state index in [2.05, 4.69) is 10.3 Å². The highest BCUT2D eigenvalue weighted by Gasteiger charge is 2.13. The van der Waals surface area contributed by atoms with Gasteiger partial charge in [0.1, 0.15) is 11.6 Å². The van der Waals surface area contributed by atoms with E-state index in [-0.39, 0.29) is 22.2 Å². The van der Waals surface area contributed by atoms with Gasteiger partial charge in [-0.15, -0.1) is 0 Å². The van der Waals surface area contributed by atoms with E-state index in [1.54, 1.807) is 0 Å². The van der Waals surface area contributed by atoms with Crippen LogP contribution in [0.5, 0.6) is 5.75 Å². The van der Waals surface area contributed by atoms with Crippen molar-refractivity contribution in [3.05, 3.63) is 53.1 Å². The highest BCUT2D eigenvalue weighted by atomic mass is 35.5. The second-order valence-electron chi connectivity index (χ2n) is 3.45. The monoisotopic (exact) mass is 266 g/mol. The minimum absolute atomic E-state index is 0.0683. The summed E-state index contributed by atoms with van der Waals surface area (Å²) >= 11 is 5.76. The Morgan fingerprint density at radius 3 is 2.83 bits per heavy atom. The average molecular weight is 267 g/mol. The van der Waals surface area contributed by atoms with Crippen molar-refractivity contribution < 1.29 is 14.3 Å². The molecule has 0 aliphatic rings. The number of nitrogens with zero attached hydrogens (tertiary/aromatic N) is 1. The number of carbonyl (C=O) groups is 1. The highest BCUT2D eigenvalue weighted by Crippen LogP contribution is 2.23. The molecule has 0 saturated carbocycles. The molecule has 1 aromatic carbocycles. The fourth-order valence-corrected chi connectivity index (χ4v) is 1.56. The fraction of sp³-hybridized carbons (Fsp3) is 0. The van der Waals surface area contributed by atoms with Gasteiger partial charge in [0.05, 0.1) is 10.7 Å². The van der Waals surface area contributed by atoms with Crippen LogP contribution in [0, 0.1) is 5.82 Å². The van der Waals surface area contributed by atoms with Crippen molar-refractivity contribution in [2.75, 3.05) is 5.32 Å². The summed E-state index contributed by atoms with van der Waals surface area (Å²) in [7, 11) is 0. The van der Waals surface area contributed by atoms with E-state index in [0.29, 0.717) is 0 Å². The lowest BCUT2D eigenvalue weighted by molar-refractivity contribution is 0.101. The van der Waals surface area contributed by atoms with Crippen molar-refractivity contribution in [3.8, 4) is 5.75 Å². The number of rotatable bonds is 2. The van der Waals surface area contributed by atoms with Gasteiger partial charge in [0.25, 0.3) is 5.91 Å². The minimum Gasteiger partial charge on any atom is -0.505 e. The first kappa shape index (κ1) is 12.3. The summed E-state index contributed by atoms with van der Waals surface area (Å²) < 4.78 is 12.8. The third-order valence-corrected chi connectivity index (χ3v) is 2.49. The van der Waals surface area contributed by atoms with Crippen molar-refractivity contribution in [1.82, 2.24) is 4.98 Å². The van der Waals surface area contributed by atoms with Crippen LogP contribution in [0.4, 0.5) is 10.1 Å². The number of halogens is 2. The van der Waals surface area contributed by atoms with Crippen LogP contribution in [0.25, 0.3) is 0 Å². The van der Waals surface area contributed by atoms with Crippen LogP contribution in [0.15, 0.2) is 36.5 Å². The van der Waals surface area contributed by atoms with Crippen LogP contribution < -0.4 is 5.32 Å². The molecule has 0 atom stereocenters. The molecule has 2 rings (SSSR count). The average Bonchev–Trinajstić information content (AvgIpc) is 2.33. The predicted molar refractivity (Wildman–Crippen MR) is 65.3 cm³/mol. The van der Waals surface area contributed by atoms with Crippen molar-refractivity contribution >= 4 is 23.2 Å². The Kier molecular flexibility index (Phi) is 3.43. The van der Waals surface area contributed by atoms with Crippen LogP contribution in [-0.4, -0.2) is 16.0 Å². The molecule has 0 bridgehead atoms. The number of aromatic nitrogens is 1. The number of benzene rings is 1. The molecule has 0 spiro atoms. The second-order valence-corrected chi connectivity index (χ2v) is 3.86. The Balaban J connectivity index is 2.24. The van der Waals surface area contributed by atoms with Gasteiger partial charge in [0.15, 0.2) is 5.69 Å². The molecule has 1 amide bonds. The van der Waals surface area contributed by atoms with Gasteiger partial charge in [-0.25, -0.2) is 9.37 Å². The number of amides is 1. The van der Waals surface area contributed by atoms with Crippen LogP contribution in [0.1, 0.15) is 10.5 Å². The maximum absolute atomic E-state index is 12.8. The summed E-state index contributed by atoms with van der Waals surface area (Å²) in [5, 5.41) is 12.0. The van der Waals surface area contributed by atoms with Gasteiger partial charge in [0.2, 0.25) is 0 Å². The quantitative estimate of drug-likeness (QED) is 0.879. The van der Waals surface area contributed by atoms with E-state index in [1.165, 1.54) is 30.5 Å². The number of carbonyl (C=O) groups excluding carboxylic acids is 1. The van der Waals surface area contributed by atoms with Crippen LogP contribution in [-0.2, 0) is 0 Å². The number of hydrogen-bond acceptors (Lipinski definition) is 3. The molecule has 18 heavy (non-hydrogen) atoms. The van der Waals surface area contributed by atoms with Gasteiger partial charge in [0, 0.05) is 6.20 Å². The van der Waals surface area contributed by atoms with E-state index < -0.39 is 11.7 Å². The largest absolute Gasteiger partial charge is 0.505 e. The fourth-order valence-electron chi connectivity index (χ4n) is 1.34. The molecule has 6 heteroatoms. The number of anilines is 1. The van der Waals surface area contributed by atoms with E-state index in [1.807, 2.05) is 0 Å². The van der Waals surface area contributed by atoms with Gasteiger partial charge >= 0.3 is 0 Å². The van der Waals surface area contributed by atoms with Gasteiger partial charge in [-0.3, -0.25) is 4.79 Å². The Morgan fingerprint density at radius 1 is 1.39 bits per heavy atom. The number of aromatic hydroxyl groups is 1. The number of pyridine rings is 1. The summed E-state index contributed by atoms with van der Waals surface area (Å²) in [4.78, 5) is 15.5. The Labute approximate surface area is 107 Å². The molecule has 4 nitrogen and oxygen atoms in total. The van der Waals surface area contributed by atoms with Crippen LogP contribution in [0.3, 0.4) is 0 Å². The number of nitrogens with one attached hydrogen (secondary N) is 1. The van der Waals surface area contributed by atoms with E-state index >= 15 is 0 Å². The predicted octanol–water partition coefficient (Wildman–Crippen LogP) is 2.83. The van der Waals surface area contributed by atoms with Crippen molar-refractivity contribution in [2.24, 2.45) is 0 Å². The topological polar surface area (TPSA) is 62.2 Å². The molecule has 0 saturated heterocycles. The smallest absolute Gasteiger partial charge is 0.278 e. The molecule has 0 aliphatic carbocycles. The standard InChI is InChI=1S/C12H8ClFN2O2/c13-8-6-7(14)3-4-9(8)16-12(18)11-10(17)2-1-5-15-11/h1-6,17H,(H,16,18). The third-order valence-electron chi connectivity index (χ3n) is 2.18. The third kappa shape index (κ3) is 2.57. The lowest BCUT2D eigenvalue weighted by Crippen LogP contribution is -2.14. The molecular weight excluding hydrogens is 259 g/mol. The zero-order valence-electron chi connectivity index (χ0n) is 9.02. The molecule has 2 aromatic rings. The molecule has 0 aliphatic heterocycles. The molecule has 1 aromatic heterocycles. The Morgan fingerprint density at radius 2 is 2.17 bits per heavy atom. The van der Waals surface area contributed by atoms with E-state index in [0.717, 1.165) is 6.07 Å². The van der Waals surface area contributed by atoms with Gasteiger partial charge < -0.3 is 10.4 Å². The first-order chi connectivity index (χ1) is 8.58. The maximum Gasteiger partial charge on any atom is 0.278 e. The highest BCUT2D eigenvalue weighted by molar-refractivity contribution is 6.33. The summed E-state index contributed by atoms with van der Waals surface area (Å²) in [6, 6.07) is 6.41. The first-order valence-corrected chi connectivity index (χ1v) is 5.36. The molecular formula is C12H8ClFN2O2. The summed E-state index contributed by atoms with van der Waals surface area (Å²) in [6.07, 6.45) is 1.38. The molecule has 1 heterocycles. The van der Waals surface area contributed by atoms with Gasteiger partial charge in [-0.05, 0) is 30.3 Å². The SMILES string of the molecule is O=C(Nc1ccc(F)cc1Cl)c1ncccc1O. The van der Waals surface area contributed by atoms with Crippen LogP contribution in [0.2, 0.25) is 5.02 Å². The molecule has 2 N–H and O–H groups in total. The number of hydrogen-bond donors (Lipinski definition) is 2. The van der Waals surface area contributed by atoms with E-state index in [9.17, 15) is 14.3 Å². The molecule has 0 fully saturated rings. The van der Waals surface area contributed by atoms with Crippen molar-refractivity contribution in [1.29, 1.82) is 0 Å². The van der Waals surface area contributed by atoms with E-state index in [4.69, 9.17) is 11.6 Å². The Bertz CT molecular complexity index is 604. The lowest BCUT2D eigenvalue weighted by atomic mass is 10.2. The lowest BCUT2D eigenvalue weighted by Gasteiger charge is -2.07. The summed E-state index contributed by atoms with van der Waals surface area (Å²) in [5.74, 6) is -1.37. The molecule has 92 valence electrons. The summed E-state index contributed by atoms with van der Waals surface area (Å²) in [6.45, 7) is 0. The normalized spacial score (nSPS) is 10.1. The first-order valence-electron chi connectivity index (χ1n) is 4.98. The Hall–Kier alpha value is -2.14. The van der Waals surface area contributed by atoms with Gasteiger partial charge in [-0.1, -0.05) is 11.6 Å². The summed E-state index contributed by atoms with van der Waals surface area (Å²) in [5.41, 5.74) is 0.117. The minimum atomic E-state index is -0.624. The zero-order chi connectivity index (χ0) is 13.1. The zero-order valence-corrected chi connectivity index (χ0v) is 9.78. The molecule has 0 radical (unpaired) electrons.